The highest BCUT2D eigenvalue weighted by molar-refractivity contribution is 6.48. The molecule has 0 unspecified atom stereocenters. The van der Waals surface area contributed by atoms with Gasteiger partial charge in [0.2, 0.25) is 0 Å². The van der Waals surface area contributed by atoms with Gasteiger partial charge in [-0.05, 0) is 54.3 Å². The van der Waals surface area contributed by atoms with Crippen LogP contribution in [0, 0.1) is 5.41 Å². The number of nitrogens with two attached hydrogens (primary N) is 1. The van der Waals surface area contributed by atoms with Gasteiger partial charge in [0.15, 0.2) is 0 Å². The van der Waals surface area contributed by atoms with Crippen LogP contribution >= 0.6 is 0 Å². The molecule has 1 aliphatic carbocycles. The molecule has 5 N–H and O–H groups in total. The fraction of sp³-hybridized carbons (Fsp3) is 0.345. The van der Waals surface area contributed by atoms with E-state index in [4.69, 9.17) is 15.9 Å². The number of rotatable bonds is 8. The highest BCUT2D eigenvalue weighted by Gasteiger charge is 2.20. The van der Waals surface area contributed by atoms with Crippen molar-refractivity contribution in [3.8, 4) is 11.1 Å². The Kier molecular flexibility index (Phi) is 8.24. The van der Waals surface area contributed by atoms with Crippen LogP contribution in [0.25, 0.3) is 11.1 Å². The van der Waals surface area contributed by atoms with E-state index in [1.54, 1.807) is 30.5 Å². The molecule has 1 aromatic carbocycles. The molecule has 1 saturated heterocycles. The Morgan fingerprint density at radius 3 is 2.56 bits per heavy atom. The van der Waals surface area contributed by atoms with E-state index in [-0.39, 0.29) is 23.4 Å². The lowest BCUT2D eigenvalue weighted by molar-refractivity contribution is -0.110. The van der Waals surface area contributed by atoms with E-state index in [1.807, 2.05) is 12.3 Å². The number of pyridine rings is 2. The third-order valence-corrected chi connectivity index (χ3v) is 7.13. The maximum Gasteiger partial charge on any atom is 0.274 e. The van der Waals surface area contributed by atoms with Crippen LogP contribution in [0.1, 0.15) is 47.3 Å². The molecule has 0 spiro atoms. The van der Waals surface area contributed by atoms with Gasteiger partial charge < -0.3 is 21.1 Å². The summed E-state index contributed by atoms with van der Waals surface area (Å²) in [7, 11) is 0. The summed E-state index contributed by atoms with van der Waals surface area (Å²) in [4.78, 5) is 36.2. The van der Waals surface area contributed by atoms with Crippen LogP contribution in [0.15, 0.2) is 55.0 Å². The number of hydrogen-bond donors (Lipinski definition) is 4. The molecule has 2 aromatic heterocycles. The molecule has 10 heteroatoms. The Hall–Kier alpha value is -4.15. The van der Waals surface area contributed by atoms with Gasteiger partial charge in [-0.2, -0.15) is 0 Å². The van der Waals surface area contributed by atoms with Crippen LogP contribution in [0.2, 0.25) is 0 Å². The minimum Gasteiger partial charge on any atom is -0.398 e. The molecule has 0 atom stereocenters. The first-order valence-corrected chi connectivity index (χ1v) is 13.3. The average Bonchev–Trinajstić information content (AvgIpc) is 3.47. The molecule has 1 saturated carbocycles. The van der Waals surface area contributed by atoms with Crippen LogP contribution < -0.4 is 16.4 Å². The van der Waals surface area contributed by atoms with Crippen molar-refractivity contribution in [3.63, 3.8) is 0 Å². The van der Waals surface area contributed by atoms with E-state index < -0.39 is 5.91 Å². The second-order valence-electron chi connectivity index (χ2n) is 9.99. The van der Waals surface area contributed by atoms with E-state index >= 15 is 0 Å². The number of aromatic nitrogens is 2. The van der Waals surface area contributed by atoms with Crippen molar-refractivity contribution in [1.29, 1.82) is 5.41 Å². The zero-order valence-electron chi connectivity index (χ0n) is 21.8. The van der Waals surface area contributed by atoms with Crippen LogP contribution in [-0.4, -0.2) is 64.7 Å². The summed E-state index contributed by atoms with van der Waals surface area (Å²) in [5, 5.41) is 14.2. The number of carbonyl (C=O) groups excluding carboxylic acids is 2. The lowest BCUT2D eigenvalue weighted by atomic mass is 9.99. The number of nitrogen functional groups attached to an aromatic ring is 1. The summed E-state index contributed by atoms with van der Waals surface area (Å²) >= 11 is 0. The fourth-order valence-electron chi connectivity index (χ4n) is 4.95. The van der Waals surface area contributed by atoms with Crippen molar-refractivity contribution in [2.24, 2.45) is 0 Å². The number of amides is 2. The maximum absolute atomic E-state index is 12.9. The van der Waals surface area contributed by atoms with Crippen LogP contribution in [0.4, 0.5) is 11.4 Å². The predicted molar refractivity (Wildman–Crippen MR) is 150 cm³/mol. The SMILES string of the molecule is N=C(C(=O)Nc1ccc(C(=O)NC2CCCC2)nc1)c1cc(-c2cncc(CN3CCOCC3)c2)ccc1N. The predicted octanol–water partition coefficient (Wildman–Crippen LogP) is 3.24. The van der Waals surface area contributed by atoms with Crippen LogP contribution in [0.5, 0.6) is 0 Å². The number of ether oxygens (including phenoxy) is 1. The van der Waals surface area contributed by atoms with E-state index in [2.05, 4.69) is 31.6 Å². The summed E-state index contributed by atoms with van der Waals surface area (Å²) in [6.07, 6.45) is 9.26. The summed E-state index contributed by atoms with van der Waals surface area (Å²) in [6, 6.07) is 10.7. The highest BCUT2D eigenvalue weighted by Crippen LogP contribution is 2.25. The fourth-order valence-corrected chi connectivity index (χ4v) is 4.95. The van der Waals surface area contributed by atoms with Crippen molar-refractivity contribution >= 4 is 28.9 Å². The van der Waals surface area contributed by atoms with Gasteiger partial charge in [-0.3, -0.25) is 24.9 Å². The minimum atomic E-state index is -0.622. The molecule has 3 heterocycles. The first-order chi connectivity index (χ1) is 19.0. The molecule has 202 valence electrons. The van der Waals surface area contributed by atoms with Crippen molar-refractivity contribution in [1.82, 2.24) is 20.2 Å². The Bertz CT molecular complexity index is 1350. The van der Waals surface area contributed by atoms with E-state index in [1.165, 1.54) is 6.20 Å². The first-order valence-electron chi connectivity index (χ1n) is 13.3. The summed E-state index contributed by atoms with van der Waals surface area (Å²) in [5.41, 5.74) is 9.99. The van der Waals surface area contributed by atoms with Gasteiger partial charge >= 0.3 is 0 Å². The third-order valence-electron chi connectivity index (χ3n) is 7.13. The lowest BCUT2D eigenvalue weighted by Crippen LogP contribution is -2.35. The normalized spacial score (nSPS) is 16.1. The van der Waals surface area contributed by atoms with Crippen LogP contribution in [-0.2, 0) is 16.1 Å². The molecule has 1 aliphatic heterocycles. The van der Waals surface area contributed by atoms with Crippen molar-refractivity contribution < 1.29 is 14.3 Å². The van der Waals surface area contributed by atoms with Gasteiger partial charge in [-0.15, -0.1) is 0 Å². The summed E-state index contributed by atoms with van der Waals surface area (Å²) in [6.45, 7) is 4.01. The number of hydrogen-bond acceptors (Lipinski definition) is 8. The molecule has 0 bridgehead atoms. The third kappa shape index (κ3) is 6.65. The zero-order chi connectivity index (χ0) is 27.2. The van der Waals surface area contributed by atoms with Gasteiger partial charge in [-0.1, -0.05) is 18.9 Å². The van der Waals surface area contributed by atoms with Crippen molar-refractivity contribution in [3.05, 3.63) is 71.8 Å². The topological polar surface area (TPSA) is 146 Å². The molecule has 39 heavy (non-hydrogen) atoms. The molecule has 3 aromatic rings. The summed E-state index contributed by atoms with van der Waals surface area (Å²) < 4.78 is 5.43. The summed E-state index contributed by atoms with van der Waals surface area (Å²) in [5.74, 6) is -0.844. The maximum atomic E-state index is 12.9. The standard InChI is InChI=1S/C29H33N7O3/c30-25-7-5-20(21-13-19(15-32-16-21)18-36-9-11-39-12-10-36)14-24(25)27(31)29(38)35-23-6-8-26(33-17-23)28(37)34-22-3-1-2-4-22/h5-8,13-17,22,31H,1-4,9-12,18,30H2,(H,34,37)(H,35,38). The Morgan fingerprint density at radius 2 is 1.82 bits per heavy atom. The molecule has 2 aliphatic rings. The quantitative estimate of drug-likeness (QED) is 0.260. The highest BCUT2D eigenvalue weighted by atomic mass is 16.5. The van der Waals surface area contributed by atoms with Crippen molar-refractivity contribution in [2.45, 2.75) is 38.3 Å². The Labute approximate surface area is 227 Å². The van der Waals surface area contributed by atoms with Gasteiger partial charge in [-0.25, -0.2) is 4.98 Å². The van der Waals surface area contributed by atoms with Gasteiger partial charge in [0, 0.05) is 54.9 Å². The zero-order valence-corrected chi connectivity index (χ0v) is 21.8. The average molecular weight is 528 g/mol. The molecule has 0 radical (unpaired) electrons. The molecular formula is C29H33N7O3. The van der Waals surface area contributed by atoms with E-state index in [0.717, 1.165) is 75.2 Å². The molecule has 2 fully saturated rings. The number of nitrogens with one attached hydrogen (secondary N) is 3. The number of benzene rings is 1. The molecule has 2 amide bonds. The first kappa shape index (κ1) is 26.5. The molecular weight excluding hydrogens is 494 g/mol. The van der Waals surface area contributed by atoms with E-state index in [9.17, 15) is 9.59 Å². The minimum absolute atomic E-state index is 0.198. The number of anilines is 2. The number of nitrogens with zero attached hydrogens (tertiary/aromatic N) is 3. The smallest absolute Gasteiger partial charge is 0.274 e. The van der Waals surface area contributed by atoms with Gasteiger partial charge in [0.1, 0.15) is 11.4 Å². The van der Waals surface area contributed by atoms with Crippen LogP contribution in [0.3, 0.4) is 0 Å². The van der Waals surface area contributed by atoms with E-state index in [0.29, 0.717) is 16.9 Å². The number of morpholine rings is 1. The Morgan fingerprint density at radius 1 is 1.03 bits per heavy atom. The largest absolute Gasteiger partial charge is 0.398 e. The lowest BCUT2D eigenvalue weighted by Gasteiger charge is -2.26. The molecule has 5 rings (SSSR count). The van der Waals surface area contributed by atoms with Crippen molar-refractivity contribution in [2.75, 3.05) is 37.4 Å². The van der Waals surface area contributed by atoms with Gasteiger partial charge in [0.25, 0.3) is 11.8 Å². The van der Waals surface area contributed by atoms with Gasteiger partial charge in [0.05, 0.1) is 25.1 Å². The second-order valence-corrected chi connectivity index (χ2v) is 9.99. The second kappa shape index (κ2) is 12.1. The molecule has 10 nitrogen and oxygen atoms in total. The monoisotopic (exact) mass is 527 g/mol. The number of carbonyl (C=O) groups is 2. The Balaban J connectivity index is 1.25.